The normalized spacial score (nSPS) is 15.2. The van der Waals surface area contributed by atoms with Crippen LogP contribution in [0.4, 0.5) is 4.39 Å². The number of carboxylic acid groups (broad SMARTS) is 1. The maximum atomic E-state index is 13.8. The molecule has 12 heteroatoms. The van der Waals surface area contributed by atoms with Crippen molar-refractivity contribution >= 4 is 35.4 Å². The van der Waals surface area contributed by atoms with E-state index in [0.717, 1.165) is 22.4 Å². The second kappa shape index (κ2) is 14.4. The summed E-state index contributed by atoms with van der Waals surface area (Å²) in [6, 6.07) is 19.3. The van der Waals surface area contributed by atoms with Crippen molar-refractivity contribution < 1.29 is 33.4 Å². The average molecular weight is 647 g/mol. The molecule has 46 heavy (non-hydrogen) atoms. The number of benzene rings is 3. The lowest BCUT2D eigenvalue weighted by molar-refractivity contribution is -0.145. The van der Waals surface area contributed by atoms with Crippen LogP contribution < -0.4 is 10.6 Å². The molecule has 0 saturated carbocycles. The summed E-state index contributed by atoms with van der Waals surface area (Å²) in [5, 5.41) is 20.1. The molecule has 2 amide bonds. The van der Waals surface area contributed by atoms with Crippen molar-refractivity contribution in [2.45, 2.75) is 50.1 Å². The summed E-state index contributed by atoms with van der Waals surface area (Å²) in [7, 11) is 1.19. The molecule has 0 aliphatic heterocycles. The fourth-order valence-corrected chi connectivity index (χ4v) is 5.78. The van der Waals surface area contributed by atoms with E-state index in [0.29, 0.717) is 35.7 Å². The number of fused-ring (bicyclic) bond motifs is 1. The van der Waals surface area contributed by atoms with Gasteiger partial charge in [0.1, 0.15) is 17.9 Å². The Bertz CT molecular complexity index is 1730. The van der Waals surface area contributed by atoms with Gasteiger partial charge in [-0.05, 0) is 61.2 Å². The summed E-state index contributed by atoms with van der Waals surface area (Å²) in [5.74, 6) is -4.65. The second-order valence-electron chi connectivity index (χ2n) is 11.0. The summed E-state index contributed by atoms with van der Waals surface area (Å²) in [5.41, 5.74) is 4.13. The number of carbonyl (C=O) groups excluding carboxylic acids is 3. The highest BCUT2D eigenvalue weighted by atomic mass is 35.5. The first-order chi connectivity index (χ1) is 22.1. The van der Waals surface area contributed by atoms with Crippen LogP contribution in [0.3, 0.4) is 0 Å². The van der Waals surface area contributed by atoms with Crippen LogP contribution >= 0.6 is 11.6 Å². The van der Waals surface area contributed by atoms with Crippen LogP contribution in [0.5, 0.6) is 0 Å². The molecule has 3 aromatic carbocycles. The first-order valence-corrected chi connectivity index (χ1v) is 15.1. The highest BCUT2D eigenvalue weighted by molar-refractivity contribution is 6.30. The fourth-order valence-electron chi connectivity index (χ4n) is 5.66. The molecule has 4 aromatic rings. The maximum Gasteiger partial charge on any atom is 0.328 e. The van der Waals surface area contributed by atoms with E-state index in [1.54, 1.807) is 53.2 Å². The van der Waals surface area contributed by atoms with Crippen molar-refractivity contribution in [3.63, 3.8) is 0 Å². The molecule has 3 unspecified atom stereocenters. The molecule has 238 valence electrons. The number of hydrogen-bond acceptors (Lipinski definition) is 6. The molecule has 1 heterocycles. The zero-order valence-corrected chi connectivity index (χ0v) is 25.7. The molecule has 0 radical (unpaired) electrons. The molecule has 0 saturated heterocycles. The Morgan fingerprint density at radius 3 is 2.35 bits per heavy atom. The Morgan fingerprint density at radius 1 is 1.00 bits per heavy atom. The molecule has 5 rings (SSSR count). The molecule has 0 spiro atoms. The Kier molecular flexibility index (Phi) is 10.1. The van der Waals surface area contributed by atoms with E-state index in [4.69, 9.17) is 21.4 Å². The van der Waals surface area contributed by atoms with Gasteiger partial charge in [0.2, 0.25) is 11.8 Å². The van der Waals surface area contributed by atoms with Crippen LogP contribution in [0.1, 0.15) is 42.0 Å². The number of carbonyl (C=O) groups is 4. The fraction of sp³-hybridized carbons (Fsp3) is 0.265. The minimum atomic E-state index is -1.48. The predicted octanol–water partition coefficient (Wildman–Crippen LogP) is 4.61. The topological polar surface area (TPSA) is 140 Å². The predicted molar refractivity (Wildman–Crippen MR) is 168 cm³/mol. The molecule has 1 aliphatic rings. The van der Waals surface area contributed by atoms with Gasteiger partial charge in [0.25, 0.3) is 0 Å². The molecule has 0 fully saturated rings. The summed E-state index contributed by atoms with van der Waals surface area (Å²) >= 11 is 6.15. The van der Waals surface area contributed by atoms with Crippen LogP contribution in [-0.4, -0.2) is 57.8 Å². The molecule has 0 bridgehead atoms. The van der Waals surface area contributed by atoms with Gasteiger partial charge in [0, 0.05) is 22.6 Å². The van der Waals surface area contributed by atoms with Gasteiger partial charge in [-0.25, -0.2) is 13.9 Å². The number of methoxy groups -OCH3 is 1. The Morgan fingerprint density at radius 2 is 1.70 bits per heavy atom. The zero-order valence-electron chi connectivity index (χ0n) is 24.9. The average Bonchev–Trinajstić information content (AvgIpc) is 3.44. The standard InChI is InChI=1S/C34H32ClFN4O6/c1-46-34(45)28(18-20-6-3-2-4-7-20)38-33(44)27(19-29(41)42)37-32(43)26-9-5-8-25-30(26)39-40(24-16-14-23(36)15-17-24)31(25)21-10-12-22(35)13-11-21/h2-4,6-7,10-17,26-28H,5,8-9,18-19H2,1H3,(H,37,43)(H,38,44)(H,41,42). The first-order valence-electron chi connectivity index (χ1n) is 14.7. The van der Waals surface area contributed by atoms with E-state index >= 15 is 0 Å². The van der Waals surface area contributed by atoms with Gasteiger partial charge in [-0.1, -0.05) is 54.1 Å². The Hall–Kier alpha value is -5.03. The molecular weight excluding hydrogens is 615 g/mol. The number of ether oxygens (including phenoxy) is 1. The van der Waals surface area contributed by atoms with Crippen LogP contribution in [0.15, 0.2) is 78.9 Å². The number of amides is 2. The first kappa shape index (κ1) is 32.4. The van der Waals surface area contributed by atoms with Crippen molar-refractivity contribution in [2.24, 2.45) is 0 Å². The molecular formula is C34H32ClFN4O6. The van der Waals surface area contributed by atoms with Gasteiger partial charge in [0.05, 0.1) is 36.5 Å². The summed E-state index contributed by atoms with van der Waals surface area (Å²) < 4.78 is 20.3. The summed E-state index contributed by atoms with van der Waals surface area (Å²) in [6.07, 6.45) is 1.03. The number of carboxylic acids is 1. The Labute approximate surface area is 269 Å². The van der Waals surface area contributed by atoms with Gasteiger partial charge in [-0.2, -0.15) is 5.10 Å². The van der Waals surface area contributed by atoms with Gasteiger partial charge in [0.15, 0.2) is 0 Å². The van der Waals surface area contributed by atoms with Crippen molar-refractivity contribution in [3.8, 4) is 16.9 Å². The molecule has 1 aromatic heterocycles. The smallest absolute Gasteiger partial charge is 0.328 e. The third-order valence-electron chi connectivity index (χ3n) is 7.87. The van der Waals surface area contributed by atoms with Crippen LogP contribution in [0.25, 0.3) is 16.9 Å². The van der Waals surface area contributed by atoms with Crippen molar-refractivity contribution in [1.29, 1.82) is 0 Å². The van der Waals surface area contributed by atoms with Crippen LogP contribution in [-0.2, 0) is 36.8 Å². The van der Waals surface area contributed by atoms with Crippen LogP contribution in [0.2, 0.25) is 5.02 Å². The lowest BCUT2D eigenvalue weighted by Crippen LogP contribution is -2.54. The second-order valence-corrected chi connectivity index (χ2v) is 11.4. The quantitative estimate of drug-likeness (QED) is 0.202. The summed E-state index contributed by atoms with van der Waals surface area (Å²) in [6.45, 7) is 0. The molecule has 3 atom stereocenters. The number of halogens is 2. The van der Waals surface area contributed by atoms with E-state index in [9.17, 15) is 28.7 Å². The largest absolute Gasteiger partial charge is 0.481 e. The lowest BCUT2D eigenvalue weighted by Gasteiger charge is -2.25. The van der Waals surface area contributed by atoms with Crippen LogP contribution in [0, 0.1) is 5.82 Å². The number of aliphatic carboxylic acids is 1. The third kappa shape index (κ3) is 7.43. The van der Waals surface area contributed by atoms with E-state index in [1.165, 1.54) is 19.2 Å². The summed E-state index contributed by atoms with van der Waals surface area (Å²) in [4.78, 5) is 51.5. The minimum absolute atomic E-state index is 0.104. The van der Waals surface area contributed by atoms with Gasteiger partial charge < -0.3 is 20.5 Å². The number of hydrogen-bond donors (Lipinski definition) is 3. The highest BCUT2D eigenvalue weighted by Crippen LogP contribution is 2.39. The molecule has 1 aliphatic carbocycles. The SMILES string of the molecule is COC(=O)C(Cc1ccccc1)NC(=O)C(CC(=O)O)NC(=O)C1CCCc2c1nn(-c1ccc(F)cc1)c2-c1ccc(Cl)cc1. The zero-order chi connectivity index (χ0) is 32.8. The number of aromatic nitrogens is 2. The lowest BCUT2D eigenvalue weighted by atomic mass is 9.85. The van der Waals surface area contributed by atoms with E-state index < -0.39 is 54.0 Å². The van der Waals surface area contributed by atoms with Gasteiger partial charge in [-0.15, -0.1) is 0 Å². The van der Waals surface area contributed by atoms with E-state index in [2.05, 4.69) is 10.6 Å². The highest BCUT2D eigenvalue weighted by Gasteiger charge is 2.36. The number of nitrogens with one attached hydrogen (secondary N) is 2. The molecule has 3 N–H and O–H groups in total. The third-order valence-corrected chi connectivity index (χ3v) is 8.12. The monoisotopic (exact) mass is 646 g/mol. The minimum Gasteiger partial charge on any atom is -0.481 e. The van der Waals surface area contributed by atoms with Gasteiger partial charge >= 0.3 is 11.9 Å². The van der Waals surface area contributed by atoms with Crippen molar-refractivity contribution in [3.05, 3.63) is 107 Å². The van der Waals surface area contributed by atoms with Gasteiger partial charge in [-0.3, -0.25) is 14.4 Å². The maximum absolute atomic E-state index is 13.8. The number of esters is 1. The van der Waals surface area contributed by atoms with E-state index in [1.807, 2.05) is 18.2 Å². The number of nitrogens with zero attached hydrogens (tertiary/aromatic N) is 2. The number of rotatable bonds is 11. The Balaban J connectivity index is 1.44. The van der Waals surface area contributed by atoms with E-state index in [-0.39, 0.29) is 6.42 Å². The molecule has 10 nitrogen and oxygen atoms in total. The van der Waals surface area contributed by atoms with Crippen molar-refractivity contribution in [1.82, 2.24) is 20.4 Å². The van der Waals surface area contributed by atoms with Crippen molar-refractivity contribution in [2.75, 3.05) is 7.11 Å².